The number of halogens is 3. The average molecular weight is 576 g/mol. The number of benzene rings is 1. The Hall–Kier alpha value is -3.87. The maximum absolute atomic E-state index is 13.6. The van der Waals surface area contributed by atoms with Gasteiger partial charge in [0.05, 0.1) is 28.0 Å². The van der Waals surface area contributed by atoms with Crippen LogP contribution in [0.25, 0.3) is 10.2 Å². The molecule has 3 aromatic rings. The molecule has 5 rings (SSSR count). The van der Waals surface area contributed by atoms with Crippen molar-refractivity contribution in [1.29, 1.82) is 0 Å². The number of thiophene rings is 1. The smallest absolute Gasteiger partial charge is 0.416 e. The lowest BCUT2D eigenvalue weighted by atomic mass is 10.0. The van der Waals surface area contributed by atoms with Crippen LogP contribution in [-0.4, -0.2) is 52.6 Å². The number of aromatic nitrogens is 1. The van der Waals surface area contributed by atoms with E-state index in [1.807, 2.05) is 0 Å². The number of hydrogen-bond donors (Lipinski definition) is 2. The van der Waals surface area contributed by atoms with Crippen molar-refractivity contribution in [3.63, 3.8) is 0 Å². The summed E-state index contributed by atoms with van der Waals surface area (Å²) in [5.41, 5.74) is -0.829. The number of carbonyl (C=O) groups excluding carboxylic acids is 3. The minimum atomic E-state index is -4.59. The molecule has 2 aliphatic heterocycles. The standard InChI is InChI=1S/C27H28F3N5O4S/c1-14-7-8-16(12-17(14)27(28,29)30)35-18-9-10-31-23-19(18)20(33-24(35)37)21(40-23)22(36)32-15-6-5-11-34(13-15)25(38)39-26(2,3)4/h7-10,12,15H,5-6,11,13H2,1-4H3,(H,32,36)(H,33,37). The Morgan fingerprint density at radius 3 is 2.65 bits per heavy atom. The van der Waals surface area contributed by atoms with Crippen LogP contribution in [0.15, 0.2) is 30.5 Å². The second-order valence-electron chi connectivity index (χ2n) is 10.8. The number of pyridine rings is 1. The predicted octanol–water partition coefficient (Wildman–Crippen LogP) is 6.44. The summed E-state index contributed by atoms with van der Waals surface area (Å²) < 4.78 is 46.2. The van der Waals surface area contributed by atoms with Crippen LogP contribution in [0.4, 0.5) is 39.8 Å². The lowest BCUT2D eigenvalue weighted by Crippen LogP contribution is -2.50. The number of carbonyl (C=O) groups is 3. The van der Waals surface area contributed by atoms with Crippen molar-refractivity contribution in [2.75, 3.05) is 23.3 Å². The molecule has 1 fully saturated rings. The third-order valence-electron chi connectivity index (χ3n) is 6.65. The molecule has 0 saturated carbocycles. The number of anilines is 3. The molecular weight excluding hydrogens is 547 g/mol. The maximum atomic E-state index is 13.6. The van der Waals surface area contributed by atoms with Gasteiger partial charge < -0.3 is 20.3 Å². The summed E-state index contributed by atoms with van der Waals surface area (Å²) in [5, 5.41) is 6.11. The lowest BCUT2D eigenvalue weighted by molar-refractivity contribution is -0.138. The van der Waals surface area contributed by atoms with Gasteiger partial charge in [0.1, 0.15) is 15.3 Å². The first kappa shape index (κ1) is 27.7. The largest absolute Gasteiger partial charge is 0.444 e. The molecule has 1 saturated heterocycles. The number of nitrogens with zero attached hydrogens (tertiary/aromatic N) is 3. The van der Waals surface area contributed by atoms with E-state index >= 15 is 0 Å². The highest BCUT2D eigenvalue weighted by atomic mass is 32.1. The Morgan fingerprint density at radius 1 is 1.20 bits per heavy atom. The molecule has 1 aromatic carbocycles. The van der Waals surface area contributed by atoms with E-state index in [1.54, 1.807) is 25.7 Å². The molecule has 2 aromatic heterocycles. The Balaban J connectivity index is 1.43. The van der Waals surface area contributed by atoms with Crippen molar-refractivity contribution in [3.8, 4) is 0 Å². The number of ether oxygens (including phenoxy) is 1. The molecule has 2 aliphatic rings. The number of aryl methyl sites for hydroxylation is 1. The van der Waals surface area contributed by atoms with Gasteiger partial charge in [0, 0.05) is 25.3 Å². The van der Waals surface area contributed by atoms with Crippen molar-refractivity contribution in [2.24, 2.45) is 0 Å². The molecular formula is C27H28F3N5O4S. The van der Waals surface area contributed by atoms with E-state index < -0.39 is 35.4 Å². The Morgan fingerprint density at radius 2 is 1.95 bits per heavy atom. The molecule has 0 spiro atoms. The van der Waals surface area contributed by atoms with Gasteiger partial charge in [-0.05, 0) is 64.3 Å². The molecule has 9 nitrogen and oxygen atoms in total. The fraction of sp³-hybridized carbons (Fsp3) is 0.407. The lowest BCUT2D eigenvalue weighted by Gasteiger charge is -2.34. The van der Waals surface area contributed by atoms with Crippen molar-refractivity contribution >= 4 is 56.6 Å². The summed E-state index contributed by atoms with van der Waals surface area (Å²) in [7, 11) is 0. The highest BCUT2D eigenvalue weighted by Crippen LogP contribution is 2.46. The van der Waals surface area contributed by atoms with Crippen LogP contribution >= 0.6 is 11.3 Å². The van der Waals surface area contributed by atoms with Gasteiger partial charge in [0.25, 0.3) is 5.91 Å². The van der Waals surface area contributed by atoms with E-state index in [0.717, 1.165) is 22.3 Å². The number of nitrogens with one attached hydrogen (secondary N) is 2. The summed E-state index contributed by atoms with van der Waals surface area (Å²) in [4.78, 5) is 46.9. The van der Waals surface area contributed by atoms with Gasteiger partial charge in [0.2, 0.25) is 0 Å². The summed E-state index contributed by atoms with van der Waals surface area (Å²) in [6, 6.07) is 4.20. The maximum Gasteiger partial charge on any atom is 0.416 e. The molecule has 212 valence electrons. The van der Waals surface area contributed by atoms with Gasteiger partial charge in [-0.1, -0.05) is 6.07 Å². The molecule has 2 N–H and O–H groups in total. The fourth-order valence-electron chi connectivity index (χ4n) is 4.89. The number of alkyl halides is 3. The van der Waals surface area contributed by atoms with Crippen LogP contribution in [0, 0.1) is 6.92 Å². The first-order valence-electron chi connectivity index (χ1n) is 12.7. The SMILES string of the molecule is Cc1ccc(N2C(=O)Nc3c(C(=O)NC4CCCN(C(=O)OC(C)(C)C)C4)sc4nccc2c34)cc1C(F)(F)F. The van der Waals surface area contributed by atoms with E-state index in [2.05, 4.69) is 15.6 Å². The Labute approximate surface area is 232 Å². The van der Waals surface area contributed by atoms with E-state index in [4.69, 9.17) is 4.74 Å². The number of hydrogen-bond acceptors (Lipinski definition) is 6. The Kier molecular flexibility index (Phi) is 6.89. The van der Waals surface area contributed by atoms with Crippen molar-refractivity contribution < 1.29 is 32.3 Å². The van der Waals surface area contributed by atoms with Crippen LogP contribution < -0.4 is 15.5 Å². The topological polar surface area (TPSA) is 104 Å². The zero-order valence-corrected chi connectivity index (χ0v) is 23.1. The van der Waals surface area contributed by atoms with E-state index in [9.17, 15) is 27.6 Å². The second kappa shape index (κ2) is 9.95. The quantitative estimate of drug-likeness (QED) is 0.374. The number of piperidine rings is 1. The van der Waals surface area contributed by atoms with Crippen molar-refractivity contribution in [1.82, 2.24) is 15.2 Å². The van der Waals surface area contributed by atoms with Crippen LogP contribution in [-0.2, 0) is 10.9 Å². The second-order valence-corrected chi connectivity index (χ2v) is 11.8. The monoisotopic (exact) mass is 575 g/mol. The van der Waals surface area contributed by atoms with Crippen LogP contribution in [0.3, 0.4) is 0 Å². The first-order chi connectivity index (χ1) is 18.7. The van der Waals surface area contributed by atoms with Gasteiger partial charge in [-0.2, -0.15) is 13.2 Å². The molecule has 0 radical (unpaired) electrons. The summed E-state index contributed by atoms with van der Waals surface area (Å²) in [5.74, 6) is -0.441. The molecule has 13 heteroatoms. The number of amides is 4. The van der Waals surface area contributed by atoms with Crippen molar-refractivity contribution in [2.45, 2.75) is 58.4 Å². The zero-order valence-electron chi connectivity index (χ0n) is 22.3. The number of rotatable bonds is 3. The minimum absolute atomic E-state index is 0.0372. The average Bonchev–Trinajstić information content (AvgIpc) is 3.23. The number of urea groups is 1. The molecule has 0 aliphatic carbocycles. The minimum Gasteiger partial charge on any atom is -0.444 e. The van der Waals surface area contributed by atoms with Gasteiger partial charge >= 0.3 is 18.3 Å². The molecule has 0 bridgehead atoms. The third kappa shape index (κ3) is 5.29. The predicted molar refractivity (Wildman–Crippen MR) is 145 cm³/mol. The molecule has 1 atom stereocenters. The van der Waals surface area contributed by atoms with Gasteiger partial charge in [-0.25, -0.2) is 14.6 Å². The third-order valence-corrected chi connectivity index (χ3v) is 7.74. The van der Waals surface area contributed by atoms with E-state index in [1.165, 1.54) is 31.3 Å². The van der Waals surface area contributed by atoms with Crippen LogP contribution in [0.5, 0.6) is 0 Å². The van der Waals surface area contributed by atoms with E-state index in [0.29, 0.717) is 35.3 Å². The van der Waals surface area contributed by atoms with Crippen LogP contribution in [0.2, 0.25) is 0 Å². The molecule has 1 unspecified atom stereocenters. The first-order valence-corrected chi connectivity index (χ1v) is 13.5. The highest BCUT2D eigenvalue weighted by Gasteiger charge is 2.37. The summed E-state index contributed by atoms with van der Waals surface area (Å²) >= 11 is 1.07. The molecule has 40 heavy (non-hydrogen) atoms. The summed E-state index contributed by atoms with van der Waals surface area (Å²) in [6.45, 7) is 7.50. The summed E-state index contributed by atoms with van der Waals surface area (Å²) in [6.07, 6.45) is -2.25. The zero-order chi connectivity index (χ0) is 29.0. The molecule has 4 heterocycles. The normalized spacial score (nSPS) is 17.6. The van der Waals surface area contributed by atoms with Gasteiger partial charge in [0.15, 0.2) is 0 Å². The van der Waals surface area contributed by atoms with Crippen molar-refractivity contribution in [3.05, 3.63) is 46.5 Å². The highest BCUT2D eigenvalue weighted by molar-refractivity contribution is 7.21. The molecule has 4 amide bonds. The van der Waals surface area contributed by atoms with Crippen LogP contribution in [0.1, 0.15) is 54.4 Å². The van der Waals surface area contributed by atoms with Gasteiger partial charge in [-0.15, -0.1) is 11.3 Å². The Bertz CT molecular complexity index is 1510. The number of likely N-dealkylation sites (tertiary alicyclic amines) is 1. The van der Waals surface area contributed by atoms with Gasteiger partial charge in [-0.3, -0.25) is 9.69 Å². The van der Waals surface area contributed by atoms with E-state index in [-0.39, 0.29) is 34.4 Å². The fourth-order valence-corrected chi connectivity index (χ4v) is 5.92.